The summed E-state index contributed by atoms with van der Waals surface area (Å²) >= 11 is 0. The zero-order chi connectivity index (χ0) is 34.6. The molecular formula is C40H44F3N3O3. The lowest BCUT2D eigenvalue weighted by Gasteiger charge is -2.39. The van der Waals surface area contributed by atoms with Gasteiger partial charge in [-0.2, -0.15) is 13.2 Å². The van der Waals surface area contributed by atoms with Gasteiger partial charge >= 0.3 is 6.18 Å². The van der Waals surface area contributed by atoms with Crippen molar-refractivity contribution in [2.24, 2.45) is 0 Å². The zero-order valence-corrected chi connectivity index (χ0v) is 27.9. The first kappa shape index (κ1) is 35.7. The van der Waals surface area contributed by atoms with Crippen LogP contribution >= 0.6 is 0 Å². The van der Waals surface area contributed by atoms with Gasteiger partial charge in [-0.1, -0.05) is 86.5 Å². The Hall–Kier alpha value is -4.63. The van der Waals surface area contributed by atoms with Gasteiger partial charge in [0.25, 0.3) is 0 Å². The number of alkyl halides is 3. The molecule has 0 unspecified atom stereocenters. The van der Waals surface area contributed by atoms with Gasteiger partial charge in [-0.3, -0.25) is 14.5 Å². The molecule has 2 heterocycles. The Morgan fingerprint density at radius 1 is 0.837 bits per heavy atom. The third kappa shape index (κ3) is 10.4. The summed E-state index contributed by atoms with van der Waals surface area (Å²) in [5, 5.41) is 0. The van der Waals surface area contributed by atoms with Gasteiger partial charge in [0, 0.05) is 45.2 Å². The third-order valence-corrected chi connectivity index (χ3v) is 8.96. The van der Waals surface area contributed by atoms with Crippen LogP contribution in [0, 0.1) is 0 Å². The summed E-state index contributed by atoms with van der Waals surface area (Å²) < 4.78 is 44.9. The van der Waals surface area contributed by atoms with Crippen LogP contribution in [0.3, 0.4) is 0 Å². The largest absolute Gasteiger partial charge is 0.468 e. The highest BCUT2D eigenvalue weighted by Gasteiger charge is 2.34. The summed E-state index contributed by atoms with van der Waals surface area (Å²) in [6, 6.07) is 25.5. The number of halogens is 3. The van der Waals surface area contributed by atoms with E-state index in [2.05, 4.69) is 24.0 Å². The number of amides is 2. The molecule has 1 fully saturated rings. The monoisotopic (exact) mass is 671 g/mol. The van der Waals surface area contributed by atoms with Crippen molar-refractivity contribution in [1.82, 2.24) is 14.7 Å². The van der Waals surface area contributed by atoms with Crippen LogP contribution in [0.2, 0.25) is 0 Å². The highest BCUT2D eigenvalue weighted by atomic mass is 19.4. The molecule has 4 aromatic rings. The highest BCUT2D eigenvalue weighted by molar-refractivity contribution is 5.95. The number of hydrogen-bond acceptors (Lipinski definition) is 4. The maximum Gasteiger partial charge on any atom is 0.416 e. The molecule has 0 bridgehead atoms. The number of unbranched alkanes of at least 4 members (excludes halogenated alkanes) is 2. The molecule has 1 aliphatic rings. The topological polar surface area (TPSA) is 57.0 Å². The van der Waals surface area contributed by atoms with E-state index in [1.54, 1.807) is 11.2 Å². The first-order valence-corrected chi connectivity index (χ1v) is 17.0. The van der Waals surface area contributed by atoms with Gasteiger partial charge in [0.15, 0.2) is 0 Å². The van der Waals surface area contributed by atoms with Crippen molar-refractivity contribution in [2.75, 3.05) is 26.2 Å². The fourth-order valence-electron chi connectivity index (χ4n) is 6.10. The number of furan rings is 1. The summed E-state index contributed by atoms with van der Waals surface area (Å²) in [7, 11) is 0. The van der Waals surface area contributed by atoms with E-state index in [9.17, 15) is 22.8 Å². The Bertz CT molecular complexity index is 1630. The number of hydrogen-bond donors (Lipinski definition) is 0. The number of piperazine rings is 1. The molecule has 9 heteroatoms. The number of nitrogens with zero attached hydrogens (tertiary/aromatic N) is 3. The predicted molar refractivity (Wildman–Crippen MR) is 185 cm³/mol. The first-order chi connectivity index (χ1) is 23.7. The summed E-state index contributed by atoms with van der Waals surface area (Å²) in [6.45, 7) is 5.41. The van der Waals surface area contributed by atoms with Gasteiger partial charge < -0.3 is 14.2 Å². The summed E-state index contributed by atoms with van der Waals surface area (Å²) in [5.74, 6) is 0.348. The van der Waals surface area contributed by atoms with E-state index < -0.39 is 23.7 Å². The van der Waals surface area contributed by atoms with Crippen molar-refractivity contribution in [1.29, 1.82) is 0 Å². The van der Waals surface area contributed by atoms with Gasteiger partial charge in [-0.05, 0) is 65.4 Å². The number of carbonyl (C=O) groups excluding carboxylic acids is 2. The van der Waals surface area contributed by atoms with Crippen LogP contribution in [0.5, 0.6) is 0 Å². The molecule has 258 valence electrons. The molecule has 0 spiro atoms. The van der Waals surface area contributed by atoms with Crippen LogP contribution in [-0.2, 0) is 41.7 Å². The quantitative estimate of drug-likeness (QED) is 0.101. The van der Waals surface area contributed by atoms with Crippen molar-refractivity contribution in [3.63, 3.8) is 0 Å². The Balaban J connectivity index is 1.40. The second-order valence-corrected chi connectivity index (χ2v) is 12.6. The fourth-order valence-corrected chi connectivity index (χ4v) is 6.10. The van der Waals surface area contributed by atoms with Gasteiger partial charge in [0.05, 0.1) is 18.4 Å². The molecule has 6 nitrogen and oxygen atoms in total. The lowest BCUT2D eigenvalue weighted by Crippen LogP contribution is -2.56. The van der Waals surface area contributed by atoms with Crippen molar-refractivity contribution < 1.29 is 27.2 Å². The van der Waals surface area contributed by atoms with Gasteiger partial charge in [-0.15, -0.1) is 0 Å². The third-order valence-electron chi connectivity index (χ3n) is 8.96. The minimum atomic E-state index is -4.45. The number of benzene rings is 3. The van der Waals surface area contributed by atoms with Gasteiger partial charge in [-0.25, -0.2) is 0 Å². The van der Waals surface area contributed by atoms with Crippen molar-refractivity contribution in [2.45, 2.75) is 64.3 Å². The van der Waals surface area contributed by atoms with Crippen LogP contribution in [0.1, 0.15) is 59.8 Å². The summed E-state index contributed by atoms with van der Waals surface area (Å²) in [6.07, 6.45) is 4.78. The average Bonchev–Trinajstić information content (AvgIpc) is 3.63. The molecule has 5 rings (SSSR count). The van der Waals surface area contributed by atoms with E-state index in [0.717, 1.165) is 54.7 Å². The van der Waals surface area contributed by atoms with E-state index in [1.165, 1.54) is 29.8 Å². The Morgan fingerprint density at radius 3 is 2.16 bits per heavy atom. The number of rotatable bonds is 14. The second-order valence-electron chi connectivity index (χ2n) is 12.6. The van der Waals surface area contributed by atoms with Crippen LogP contribution < -0.4 is 0 Å². The predicted octanol–water partition coefficient (Wildman–Crippen LogP) is 8.03. The smallest absolute Gasteiger partial charge is 0.416 e. The van der Waals surface area contributed by atoms with Crippen LogP contribution in [-0.4, -0.2) is 58.7 Å². The van der Waals surface area contributed by atoms with E-state index in [0.29, 0.717) is 44.7 Å². The maximum atomic E-state index is 14.4. The SMILES string of the molecule is CCCCCc1ccc(CN(C(=O)C=Cc2ccc(C(F)(F)F)cc2)[C@@H](Cc2ccccc2)C(=O)N2CCN(Cc3ccco3)CC2)cc1. The van der Waals surface area contributed by atoms with E-state index in [4.69, 9.17) is 4.42 Å². The number of carbonyl (C=O) groups is 2. The lowest BCUT2D eigenvalue weighted by atomic mass is 10.0. The minimum Gasteiger partial charge on any atom is -0.468 e. The summed E-state index contributed by atoms with van der Waals surface area (Å²) in [4.78, 5) is 34.2. The van der Waals surface area contributed by atoms with Crippen LogP contribution in [0.4, 0.5) is 13.2 Å². The molecule has 3 aromatic carbocycles. The molecule has 0 radical (unpaired) electrons. The zero-order valence-electron chi connectivity index (χ0n) is 27.9. The molecule has 1 aromatic heterocycles. The molecule has 1 saturated heterocycles. The maximum absolute atomic E-state index is 14.4. The summed E-state index contributed by atoms with van der Waals surface area (Å²) in [5.41, 5.74) is 2.74. The Labute approximate surface area is 286 Å². The van der Waals surface area contributed by atoms with Crippen molar-refractivity contribution in [3.8, 4) is 0 Å². The lowest BCUT2D eigenvalue weighted by molar-refractivity contribution is -0.145. The molecular weight excluding hydrogens is 627 g/mol. The molecule has 2 amide bonds. The van der Waals surface area contributed by atoms with Crippen molar-refractivity contribution >= 4 is 17.9 Å². The highest BCUT2D eigenvalue weighted by Crippen LogP contribution is 2.29. The molecule has 1 atom stereocenters. The normalized spacial score (nSPS) is 14.7. The van der Waals surface area contributed by atoms with Gasteiger partial charge in [0.1, 0.15) is 11.8 Å². The molecule has 0 saturated carbocycles. The molecule has 0 aliphatic carbocycles. The first-order valence-electron chi connectivity index (χ1n) is 17.0. The van der Waals surface area contributed by atoms with E-state index in [-0.39, 0.29) is 12.5 Å². The Kier molecular flexibility index (Phi) is 12.5. The minimum absolute atomic E-state index is 0.131. The Morgan fingerprint density at radius 2 is 1.53 bits per heavy atom. The van der Waals surface area contributed by atoms with Crippen LogP contribution in [0.25, 0.3) is 6.08 Å². The average molecular weight is 672 g/mol. The molecule has 0 N–H and O–H groups in total. The second kappa shape index (κ2) is 17.2. The molecule has 1 aliphatic heterocycles. The van der Waals surface area contributed by atoms with Crippen LogP contribution in [0.15, 0.2) is 108 Å². The van der Waals surface area contributed by atoms with Gasteiger partial charge in [0.2, 0.25) is 11.8 Å². The fraction of sp³-hybridized carbons (Fsp3) is 0.350. The molecule has 49 heavy (non-hydrogen) atoms. The van der Waals surface area contributed by atoms with E-state index >= 15 is 0 Å². The van der Waals surface area contributed by atoms with Crippen molar-refractivity contribution in [3.05, 3.63) is 137 Å². The van der Waals surface area contributed by atoms with E-state index in [1.807, 2.05) is 59.5 Å². The number of aryl methyl sites for hydroxylation is 1. The standard InChI is InChI=1S/C40H44F3N3O3/c1-2-3-5-9-31-13-15-34(16-14-31)29-46(38(47)22-19-32-17-20-35(21-18-32)40(41,42)43)37(28-33-10-6-4-7-11-33)39(48)45-25-23-44(24-26-45)30-36-12-8-27-49-36/h4,6-8,10-22,27,37H,2-3,5,9,23-26,28-30H2,1H3/t37-/m0/s1.